The smallest absolute Gasteiger partial charge is 0.268 e. The monoisotopic (exact) mass is 303 g/mol. The predicted octanol–water partition coefficient (Wildman–Crippen LogP) is 3.98. The first-order valence-corrected chi connectivity index (χ1v) is 7.95. The Bertz CT molecular complexity index is 707. The average molecular weight is 303 g/mol. The molecule has 0 aliphatic heterocycles. The highest BCUT2D eigenvalue weighted by Crippen LogP contribution is 2.29. The van der Waals surface area contributed by atoms with Gasteiger partial charge in [-0.2, -0.15) is 4.98 Å². The molecule has 1 aromatic carbocycles. The van der Waals surface area contributed by atoms with Crippen LogP contribution in [0.25, 0.3) is 10.8 Å². The minimum Gasteiger partial charge on any atom is -0.398 e. The third kappa shape index (κ3) is 2.71. The van der Waals surface area contributed by atoms with Crippen molar-refractivity contribution < 1.29 is 4.52 Å². The Hall–Kier alpha value is -1.79. The summed E-state index contributed by atoms with van der Waals surface area (Å²) in [6.45, 7) is 2.02. The summed E-state index contributed by atoms with van der Waals surface area (Å²) in [5, 5.41) is 6.00. The van der Waals surface area contributed by atoms with E-state index in [1.165, 1.54) is 0 Å². The van der Waals surface area contributed by atoms with Gasteiger partial charge in [-0.1, -0.05) is 17.3 Å². The summed E-state index contributed by atoms with van der Waals surface area (Å²) < 4.78 is 5.26. The van der Waals surface area contributed by atoms with Crippen molar-refractivity contribution >= 4 is 28.8 Å². The number of aromatic nitrogens is 2. The van der Waals surface area contributed by atoms with Crippen LogP contribution in [0.1, 0.15) is 11.4 Å². The molecule has 102 valence electrons. The third-order valence-electron chi connectivity index (χ3n) is 2.88. The Morgan fingerprint density at radius 2 is 2.20 bits per heavy atom. The van der Waals surface area contributed by atoms with E-state index in [0.717, 1.165) is 21.0 Å². The SMILES string of the molecule is Cc1c(N)cccc1SCc1noc(-c2cccs2)n1. The van der Waals surface area contributed by atoms with Crippen molar-refractivity contribution in [2.24, 2.45) is 0 Å². The molecular formula is C14H13N3OS2. The zero-order valence-corrected chi connectivity index (χ0v) is 12.5. The molecule has 20 heavy (non-hydrogen) atoms. The molecule has 4 nitrogen and oxygen atoms in total. The van der Waals surface area contributed by atoms with Crippen LogP contribution < -0.4 is 5.73 Å². The summed E-state index contributed by atoms with van der Waals surface area (Å²) in [5.74, 6) is 1.94. The highest BCUT2D eigenvalue weighted by atomic mass is 32.2. The van der Waals surface area contributed by atoms with Gasteiger partial charge in [-0.05, 0) is 36.1 Å². The standard InChI is InChI=1S/C14H13N3OS2/c1-9-10(15)4-2-5-11(9)20-8-13-16-14(18-17-13)12-6-3-7-19-12/h2-7H,8,15H2,1H3. The molecule has 3 rings (SSSR count). The van der Waals surface area contributed by atoms with E-state index < -0.39 is 0 Å². The normalized spacial score (nSPS) is 10.8. The molecule has 0 aliphatic rings. The molecule has 0 saturated heterocycles. The second kappa shape index (κ2) is 5.68. The first-order valence-electron chi connectivity index (χ1n) is 6.08. The maximum absolute atomic E-state index is 5.90. The molecule has 2 heterocycles. The number of thioether (sulfide) groups is 1. The van der Waals surface area contributed by atoms with Crippen LogP contribution in [0.15, 0.2) is 45.1 Å². The largest absolute Gasteiger partial charge is 0.398 e. The van der Waals surface area contributed by atoms with Crippen molar-refractivity contribution in [2.75, 3.05) is 5.73 Å². The lowest BCUT2D eigenvalue weighted by molar-refractivity contribution is 0.426. The number of nitrogen functional groups attached to an aromatic ring is 1. The van der Waals surface area contributed by atoms with Gasteiger partial charge in [-0.3, -0.25) is 0 Å². The maximum Gasteiger partial charge on any atom is 0.268 e. The lowest BCUT2D eigenvalue weighted by Gasteiger charge is -2.05. The molecule has 0 saturated carbocycles. The Balaban J connectivity index is 1.71. The second-order valence-corrected chi connectivity index (χ2v) is 6.22. The van der Waals surface area contributed by atoms with Crippen molar-refractivity contribution in [2.45, 2.75) is 17.6 Å². The van der Waals surface area contributed by atoms with Gasteiger partial charge in [0, 0.05) is 10.6 Å². The predicted molar refractivity (Wildman–Crippen MR) is 82.8 cm³/mol. The van der Waals surface area contributed by atoms with Crippen molar-refractivity contribution in [1.82, 2.24) is 10.1 Å². The second-order valence-electron chi connectivity index (χ2n) is 4.25. The van der Waals surface area contributed by atoms with E-state index in [1.54, 1.807) is 23.1 Å². The first kappa shape index (κ1) is 13.2. The molecule has 0 radical (unpaired) electrons. The lowest BCUT2D eigenvalue weighted by atomic mass is 10.2. The first-order chi connectivity index (χ1) is 9.74. The number of rotatable bonds is 4. The van der Waals surface area contributed by atoms with Crippen LogP contribution in [-0.2, 0) is 5.75 Å². The van der Waals surface area contributed by atoms with Gasteiger partial charge in [-0.15, -0.1) is 23.1 Å². The van der Waals surface area contributed by atoms with Gasteiger partial charge in [0.2, 0.25) is 0 Å². The molecule has 0 unspecified atom stereocenters. The minimum absolute atomic E-state index is 0.583. The fourth-order valence-electron chi connectivity index (χ4n) is 1.74. The number of nitrogens with two attached hydrogens (primary N) is 1. The Kier molecular flexibility index (Phi) is 3.75. The summed E-state index contributed by atoms with van der Waals surface area (Å²) in [5.41, 5.74) is 7.80. The zero-order valence-electron chi connectivity index (χ0n) is 10.9. The highest BCUT2D eigenvalue weighted by molar-refractivity contribution is 7.98. The van der Waals surface area contributed by atoms with Crippen LogP contribution >= 0.6 is 23.1 Å². The van der Waals surface area contributed by atoms with E-state index in [1.807, 2.05) is 36.6 Å². The number of anilines is 1. The summed E-state index contributed by atoms with van der Waals surface area (Å²) in [7, 11) is 0. The van der Waals surface area contributed by atoms with Gasteiger partial charge in [0.1, 0.15) is 0 Å². The molecular weight excluding hydrogens is 290 g/mol. The molecule has 3 aromatic rings. The molecule has 2 N–H and O–H groups in total. The number of hydrogen-bond donors (Lipinski definition) is 1. The van der Waals surface area contributed by atoms with Gasteiger partial charge in [-0.25, -0.2) is 0 Å². The van der Waals surface area contributed by atoms with Crippen molar-refractivity contribution in [1.29, 1.82) is 0 Å². The van der Waals surface area contributed by atoms with Crippen LogP contribution in [-0.4, -0.2) is 10.1 Å². The van der Waals surface area contributed by atoms with Gasteiger partial charge < -0.3 is 10.3 Å². The Morgan fingerprint density at radius 3 is 3.00 bits per heavy atom. The van der Waals surface area contributed by atoms with Gasteiger partial charge in [0.15, 0.2) is 5.82 Å². The number of nitrogens with zero attached hydrogens (tertiary/aromatic N) is 2. The Morgan fingerprint density at radius 1 is 1.30 bits per heavy atom. The lowest BCUT2D eigenvalue weighted by Crippen LogP contribution is -1.91. The molecule has 6 heteroatoms. The van der Waals surface area contributed by atoms with Crippen LogP contribution in [0.4, 0.5) is 5.69 Å². The quantitative estimate of drug-likeness (QED) is 0.583. The summed E-state index contributed by atoms with van der Waals surface area (Å²) >= 11 is 3.25. The highest BCUT2D eigenvalue weighted by Gasteiger charge is 2.10. The Labute approximate surface area is 125 Å². The topological polar surface area (TPSA) is 64.9 Å². The van der Waals surface area contributed by atoms with Gasteiger partial charge in [0.05, 0.1) is 10.6 Å². The van der Waals surface area contributed by atoms with Crippen molar-refractivity contribution in [3.05, 3.63) is 47.1 Å². The summed E-state index contributed by atoms with van der Waals surface area (Å²) in [6, 6.07) is 9.85. The molecule has 0 bridgehead atoms. The fraction of sp³-hybridized carbons (Fsp3) is 0.143. The van der Waals surface area contributed by atoms with Crippen LogP contribution in [0, 0.1) is 6.92 Å². The molecule has 0 fully saturated rings. The minimum atomic E-state index is 0.583. The maximum atomic E-state index is 5.90. The summed E-state index contributed by atoms with van der Waals surface area (Å²) in [6.07, 6.45) is 0. The van der Waals surface area contributed by atoms with Crippen molar-refractivity contribution in [3.63, 3.8) is 0 Å². The number of thiophene rings is 1. The number of hydrogen-bond acceptors (Lipinski definition) is 6. The third-order valence-corrected chi connectivity index (χ3v) is 4.90. The van der Waals surface area contributed by atoms with E-state index >= 15 is 0 Å². The van der Waals surface area contributed by atoms with Crippen LogP contribution in [0.5, 0.6) is 0 Å². The molecule has 0 amide bonds. The van der Waals surface area contributed by atoms with E-state index in [-0.39, 0.29) is 0 Å². The zero-order chi connectivity index (χ0) is 13.9. The molecule has 0 spiro atoms. The summed E-state index contributed by atoms with van der Waals surface area (Å²) in [4.78, 5) is 6.54. The molecule has 0 atom stereocenters. The van der Waals surface area contributed by atoms with Gasteiger partial charge in [0.25, 0.3) is 5.89 Å². The van der Waals surface area contributed by atoms with Crippen molar-refractivity contribution in [3.8, 4) is 10.8 Å². The average Bonchev–Trinajstić information content (AvgIpc) is 3.10. The molecule has 2 aromatic heterocycles. The van der Waals surface area contributed by atoms with E-state index in [0.29, 0.717) is 17.5 Å². The fourth-order valence-corrected chi connectivity index (χ4v) is 3.30. The van der Waals surface area contributed by atoms with Crippen LogP contribution in [0.2, 0.25) is 0 Å². The van der Waals surface area contributed by atoms with Crippen LogP contribution in [0.3, 0.4) is 0 Å². The van der Waals surface area contributed by atoms with E-state index in [4.69, 9.17) is 10.3 Å². The van der Waals surface area contributed by atoms with Gasteiger partial charge >= 0.3 is 0 Å². The molecule has 0 aliphatic carbocycles. The van der Waals surface area contributed by atoms with E-state index in [2.05, 4.69) is 16.2 Å². The number of benzene rings is 1. The van der Waals surface area contributed by atoms with E-state index in [9.17, 15) is 0 Å².